The Morgan fingerprint density at radius 1 is 1.42 bits per heavy atom. The van der Waals surface area contributed by atoms with E-state index in [0.29, 0.717) is 17.1 Å². The van der Waals surface area contributed by atoms with Crippen molar-refractivity contribution in [3.63, 3.8) is 0 Å². The molecule has 7 nitrogen and oxygen atoms in total. The Hall–Kier alpha value is -1.89. The summed E-state index contributed by atoms with van der Waals surface area (Å²) in [6.07, 6.45) is 0. The fourth-order valence-corrected chi connectivity index (χ4v) is 1.71. The van der Waals surface area contributed by atoms with Gasteiger partial charge in [-0.3, -0.25) is 9.48 Å². The molecule has 1 rings (SSSR count). The zero-order valence-electron chi connectivity index (χ0n) is 12.0. The molecule has 0 aromatic carbocycles. The summed E-state index contributed by atoms with van der Waals surface area (Å²) in [4.78, 5) is 25.4. The molecule has 106 valence electrons. The van der Waals surface area contributed by atoms with E-state index in [-0.39, 0.29) is 19.1 Å². The number of rotatable bonds is 5. The van der Waals surface area contributed by atoms with E-state index in [9.17, 15) is 9.59 Å². The number of ether oxygens (including phenoxy) is 1. The van der Waals surface area contributed by atoms with Gasteiger partial charge in [0, 0.05) is 7.05 Å². The van der Waals surface area contributed by atoms with Crippen LogP contribution in [0, 0.1) is 6.92 Å². The second kappa shape index (κ2) is 6.33. The van der Waals surface area contributed by atoms with Gasteiger partial charge in [0.25, 0.3) is 0 Å². The van der Waals surface area contributed by atoms with Crippen LogP contribution in [0.2, 0.25) is 0 Å². The number of hydrogen-bond acceptors (Lipinski definition) is 5. The maximum absolute atomic E-state index is 11.9. The van der Waals surface area contributed by atoms with Crippen LogP contribution in [0.4, 0.5) is 5.82 Å². The van der Waals surface area contributed by atoms with Crippen molar-refractivity contribution in [1.29, 1.82) is 0 Å². The highest BCUT2D eigenvalue weighted by Gasteiger charge is 2.22. The van der Waals surface area contributed by atoms with Gasteiger partial charge in [0.15, 0.2) is 0 Å². The van der Waals surface area contributed by atoms with E-state index in [4.69, 9.17) is 4.74 Å². The third-order valence-electron chi connectivity index (χ3n) is 2.42. The van der Waals surface area contributed by atoms with Crippen LogP contribution >= 0.6 is 0 Å². The first kappa shape index (κ1) is 15.2. The van der Waals surface area contributed by atoms with Gasteiger partial charge in [0.2, 0.25) is 5.91 Å². The van der Waals surface area contributed by atoms with Gasteiger partial charge in [-0.15, -0.1) is 0 Å². The average molecular weight is 268 g/mol. The summed E-state index contributed by atoms with van der Waals surface area (Å²) in [7, 11) is 5.25. The van der Waals surface area contributed by atoms with Crippen LogP contribution in [0.25, 0.3) is 0 Å². The first-order chi connectivity index (χ1) is 8.86. The van der Waals surface area contributed by atoms with Crippen molar-refractivity contribution >= 4 is 17.7 Å². The van der Waals surface area contributed by atoms with Crippen LogP contribution in [-0.2, 0) is 16.6 Å². The predicted octanol–water partition coefficient (Wildman–Crippen LogP) is 0.405. The van der Waals surface area contributed by atoms with E-state index >= 15 is 0 Å². The maximum atomic E-state index is 11.9. The smallest absolute Gasteiger partial charge is 0.343 e. The first-order valence-electron chi connectivity index (χ1n) is 6.02. The SMILES string of the molecule is CCOC(=O)c1c(C)nn(C)c1NC(=O)CN(C)C. The highest BCUT2D eigenvalue weighted by atomic mass is 16.5. The van der Waals surface area contributed by atoms with Crippen molar-refractivity contribution in [3.8, 4) is 0 Å². The number of carbonyl (C=O) groups excluding carboxylic acids is 2. The van der Waals surface area contributed by atoms with Gasteiger partial charge in [0.1, 0.15) is 11.4 Å². The molecule has 0 atom stereocenters. The number of hydrogen-bond donors (Lipinski definition) is 1. The molecule has 0 aliphatic carbocycles. The molecule has 1 aromatic rings. The quantitative estimate of drug-likeness (QED) is 0.782. The lowest BCUT2D eigenvalue weighted by atomic mass is 10.2. The third-order valence-corrected chi connectivity index (χ3v) is 2.42. The van der Waals surface area contributed by atoms with Crippen molar-refractivity contribution in [1.82, 2.24) is 14.7 Å². The van der Waals surface area contributed by atoms with Gasteiger partial charge < -0.3 is 15.0 Å². The molecule has 1 N–H and O–H groups in total. The minimum absolute atomic E-state index is 0.210. The molecule has 0 fully saturated rings. The number of aryl methyl sites for hydroxylation is 2. The Bertz CT molecular complexity index is 480. The highest BCUT2D eigenvalue weighted by molar-refractivity contribution is 6.01. The lowest BCUT2D eigenvalue weighted by molar-refractivity contribution is -0.116. The highest BCUT2D eigenvalue weighted by Crippen LogP contribution is 2.19. The standard InChI is InChI=1S/C12H20N4O3/c1-6-19-12(18)10-8(2)14-16(5)11(10)13-9(17)7-15(3)4/h6-7H2,1-5H3,(H,13,17). The fraction of sp³-hybridized carbons (Fsp3) is 0.583. The van der Waals surface area contributed by atoms with Gasteiger partial charge in [-0.1, -0.05) is 0 Å². The van der Waals surface area contributed by atoms with Crippen LogP contribution in [0.5, 0.6) is 0 Å². The average Bonchev–Trinajstić information content (AvgIpc) is 2.52. The summed E-state index contributed by atoms with van der Waals surface area (Å²) in [5.74, 6) is -0.324. The van der Waals surface area contributed by atoms with E-state index in [2.05, 4.69) is 10.4 Å². The lowest BCUT2D eigenvalue weighted by Gasteiger charge is -2.11. The molecule has 0 bridgehead atoms. The second-order valence-electron chi connectivity index (χ2n) is 4.44. The second-order valence-corrected chi connectivity index (χ2v) is 4.44. The van der Waals surface area contributed by atoms with Gasteiger partial charge >= 0.3 is 5.97 Å². The summed E-state index contributed by atoms with van der Waals surface area (Å²) in [5, 5.41) is 6.82. The van der Waals surface area contributed by atoms with E-state index in [1.165, 1.54) is 4.68 Å². The molecule has 0 saturated carbocycles. The number of amides is 1. The molecule has 1 heterocycles. The van der Waals surface area contributed by atoms with Crippen LogP contribution < -0.4 is 5.32 Å². The Morgan fingerprint density at radius 3 is 2.58 bits per heavy atom. The van der Waals surface area contributed by atoms with Crippen molar-refractivity contribution < 1.29 is 14.3 Å². The summed E-state index contributed by atoms with van der Waals surface area (Å²) >= 11 is 0. The number of nitrogens with zero attached hydrogens (tertiary/aromatic N) is 3. The number of carbonyl (C=O) groups is 2. The van der Waals surface area contributed by atoms with Gasteiger partial charge in [-0.25, -0.2) is 4.79 Å². The first-order valence-corrected chi connectivity index (χ1v) is 6.02. The Labute approximate surface area is 112 Å². The Kier molecular flexibility index (Phi) is 5.05. The summed E-state index contributed by atoms with van der Waals surface area (Å²) in [6.45, 7) is 3.94. The van der Waals surface area contributed by atoms with Crippen LogP contribution in [0.15, 0.2) is 0 Å². The minimum Gasteiger partial charge on any atom is -0.462 e. The summed E-state index contributed by atoms with van der Waals surface area (Å²) < 4.78 is 6.44. The van der Waals surface area contributed by atoms with Gasteiger partial charge in [-0.05, 0) is 27.9 Å². The lowest BCUT2D eigenvalue weighted by Crippen LogP contribution is -2.28. The third kappa shape index (κ3) is 3.78. The van der Waals surface area contributed by atoms with Gasteiger partial charge in [-0.2, -0.15) is 5.10 Å². The van der Waals surface area contributed by atoms with Crippen LogP contribution in [0.3, 0.4) is 0 Å². The molecule has 1 aromatic heterocycles. The van der Waals surface area contributed by atoms with Crippen LogP contribution in [-0.4, -0.2) is 53.8 Å². The largest absolute Gasteiger partial charge is 0.462 e. The van der Waals surface area contributed by atoms with Crippen molar-refractivity contribution in [2.24, 2.45) is 7.05 Å². The zero-order chi connectivity index (χ0) is 14.6. The monoisotopic (exact) mass is 268 g/mol. The normalized spacial score (nSPS) is 10.6. The Morgan fingerprint density at radius 2 is 2.05 bits per heavy atom. The molecule has 7 heteroatoms. The maximum Gasteiger partial charge on any atom is 0.343 e. The topological polar surface area (TPSA) is 76.5 Å². The van der Waals surface area contributed by atoms with Crippen molar-refractivity contribution in [2.75, 3.05) is 32.6 Å². The molecule has 19 heavy (non-hydrogen) atoms. The summed E-state index contributed by atoms with van der Waals surface area (Å²) in [5.41, 5.74) is 0.831. The number of nitrogens with one attached hydrogen (secondary N) is 1. The van der Waals surface area contributed by atoms with E-state index in [1.54, 1.807) is 39.9 Å². The van der Waals surface area contributed by atoms with Crippen molar-refractivity contribution in [3.05, 3.63) is 11.3 Å². The van der Waals surface area contributed by atoms with Crippen LogP contribution in [0.1, 0.15) is 23.0 Å². The fourth-order valence-electron chi connectivity index (χ4n) is 1.71. The number of likely N-dealkylation sites (N-methyl/N-ethyl adjacent to an activating group) is 1. The number of anilines is 1. The minimum atomic E-state index is -0.478. The van der Waals surface area contributed by atoms with E-state index in [1.807, 2.05) is 0 Å². The molecule has 0 unspecified atom stereocenters. The number of aromatic nitrogens is 2. The molecule has 0 aliphatic rings. The molecule has 1 amide bonds. The molecule has 0 aliphatic heterocycles. The molecular weight excluding hydrogens is 248 g/mol. The molecular formula is C12H20N4O3. The molecule has 0 spiro atoms. The van der Waals surface area contributed by atoms with E-state index < -0.39 is 5.97 Å². The van der Waals surface area contributed by atoms with Crippen molar-refractivity contribution in [2.45, 2.75) is 13.8 Å². The molecule has 0 radical (unpaired) electrons. The summed E-state index contributed by atoms with van der Waals surface area (Å²) in [6, 6.07) is 0. The van der Waals surface area contributed by atoms with E-state index in [0.717, 1.165) is 0 Å². The number of esters is 1. The predicted molar refractivity (Wildman–Crippen MR) is 71.1 cm³/mol. The Balaban J connectivity index is 2.99. The zero-order valence-corrected chi connectivity index (χ0v) is 12.0. The van der Waals surface area contributed by atoms with Gasteiger partial charge in [0.05, 0.1) is 18.8 Å². The molecule has 0 saturated heterocycles.